The van der Waals surface area contributed by atoms with Gasteiger partial charge in [-0.05, 0) is 18.6 Å². The molecule has 0 aliphatic heterocycles. The van der Waals surface area contributed by atoms with Crippen LogP contribution in [0.2, 0.25) is 0 Å². The summed E-state index contributed by atoms with van der Waals surface area (Å²) in [5.41, 5.74) is 0.764. The monoisotopic (exact) mass is 233 g/mol. The van der Waals surface area contributed by atoms with Crippen molar-refractivity contribution in [1.82, 2.24) is 9.78 Å². The van der Waals surface area contributed by atoms with Crippen molar-refractivity contribution in [3.8, 4) is 11.6 Å². The van der Waals surface area contributed by atoms with E-state index in [-0.39, 0.29) is 5.69 Å². The maximum absolute atomic E-state index is 10.6. The fourth-order valence-corrected chi connectivity index (χ4v) is 1.44. The molecule has 17 heavy (non-hydrogen) atoms. The maximum Gasteiger partial charge on any atom is 0.269 e. The molecule has 1 heterocycles. The summed E-state index contributed by atoms with van der Waals surface area (Å²) in [5.74, 6) is 1.17. The average Bonchev–Trinajstić information content (AvgIpc) is 2.67. The Morgan fingerprint density at radius 1 is 1.41 bits per heavy atom. The zero-order chi connectivity index (χ0) is 12.4. The predicted octanol–water partition coefficient (Wildman–Crippen LogP) is 2.43. The zero-order valence-electron chi connectivity index (χ0n) is 9.45. The number of benzene rings is 1. The van der Waals surface area contributed by atoms with Crippen LogP contribution in [0.1, 0.15) is 5.56 Å². The summed E-state index contributed by atoms with van der Waals surface area (Å²) < 4.78 is 7.18. The van der Waals surface area contributed by atoms with Gasteiger partial charge in [0.25, 0.3) is 5.69 Å². The normalized spacial score (nSPS) is 10.2. The lowest BCUT2D eigenvalue weighted by Crippen LogP contribution is -1.96. The van der Waals surface area contributed by atoms with Gasteiger partial charge in [-0.15, -0.1) is 0 Å². The van der Waals surface area contributed by atoms with Crippen LogP contribution < -0.4 is 4.74 Å². The molecule has 6 nitrogen and oxygen atoms in total. The average molecular weight is 233 g/mol. The molecule has 2 rings (SSSR count). The molecule has 0 aliphatic rings. The number of non-ortho nitro benzene ring substituents is 1. The van der Waals surface area contributed by atoms with Gasteiger partial charge >= 0.3 is 0 Å². The van der Waals surface area contributed by atoms with Crippen molar-refractivity contribution in [1.29, 1.82) is 0 Å². The number of rotatable bonds is 3. The van der Waals surface area contributed by atoms with Crippen molar-refractivity contribution >= 4 is 5.69 Å². The molecule has 6 heteroatoms. The fourth-order valence-electron chi connectivity index (χ4n) is 1.44. The number of aromatic nitrogens is 2. The Labute approximate surface area is 97.6 Å². The van der Waals surface area contributed by atoms with E-state index in [4.69, 9.17) is 4.74 Å². The van der Waals surface area contributed by atoms with Crippen LogP contribution in [0.25, 0.3) is 0 Å². The number of hydrogen-bond donors (Lipinski definition) is 0. The standard InChI is InChI=1S/C11H11N3O3/c1-8-7-9(14(15)16)3-4-10(8)17-11-5-6-12-13(11)2/h3-7H,1-2H3. The summed E-state index contributed by atoms with van der Waals surface area (Å²) in [5, 5.41) is 14.6. The lowest BCUT2D eigenvalue weighted by Gasteiger charge is -2.07. The summed E-state index contributed by atoms with van der Waals surface area (Å²) in [4.78, 5) is 10.2. The minimum absolute atomic E-state index is 0.0554. The van der Waals surface area contributed by atoms with Crippen molar-refractivity contribution < 1.29 is 9.66 Å². The second-order valence-electron chi connectivity index (χ2n) is 3.60. The van der Waals surface area contributed by atoms with Crippen LogP contribution in [0.5, 0.6) is 11.6 Å². The molecule has 2 aromatic rings. The second kappa shape index (κ2) is 4.25. The van der Waals surface area contributed by atoms with Crippen molar-refractivity contribution in [3.05, 3.63) is 46.1 Å². The van der Waals surface area contributed by atoms with Crippen LogP contribution in [0.3, 0.4) is 0 Å². The molecule has 0 atom stereocenters. The molecule has 0 fully saturated rings. The van der Waals surface area contributed by atoms with Crippen molar-refractivity contribution in [2.45, 2.75) is 6.92 Å². The van der Waals surface area contributed by atoms with E-state index in [0.717, 1.165) is 0 Å². The Morgan fingerprint density at radius 2 is 2.18 bits per heavy atom. The van der Waals surface area contributed by atoms with E-state index in [2.05, 4.69) is 5.10 Å². The maximum atomic E-state index is 10.6. The molecule has 0 N–H and O–H groups in total. The third kappa shape index (κ3) is 2.25. The fraction of sp³-hybridized carbons (Fsp3) is 0.182. The summed E-state index contributed by atoms with van der Waals surface area (Å²) >= 11 is 0. The third-order valence-electron chi connectivity index (χ3n) is 2.36. The molecule has 88 valence electrons. The highest BCUT2D eigenvalue weighted by molar-refractivity contribution is 5.44. The van der Waals surface area contributed by atoms with Gasteiger partial charge in [-0.25, -0.2) is 4.68 Å². The molecular weight excluding hydrogens is 222 g/mol. The van der Waals surface area contributed by atoms with E-state index >= 15 is 0 Å². The van der Waals surface area contributed by atoms with Crippen molar-refractivity contribution in [2.24, 2.45) is 7.05 Å². The van der Waals surface area contributed by atoms with Crippen LogP contribution in [-0.4, -0.2) is 14.7 Å². The van der Waals surface area contributed by atoms with Crippen LogP contribution in [0.4, 0.5) is 5.69 Å². The second-order valence-corrected chi connectivity index (χ2v) is 3.60. The molecule has 0 unspecified atom stereocenters. The molecule has 0 spiro atoms. The van der Waals surface area contributed by atoms with Crippen molar-refractivity contribution in [3.63, 3.8) is 0 Å². The molecule has 1 aromatic heterocycles. The highest BCUT2D eigenvalue weighted by atomic mass is 16.6. The first kappa shape index (κ1) is 11.1. The first-order valence-corrected chi connectivity index (χ1v) is 4.99. The number of nitro benzene ring substituents is 1. The molecule has 0 bridgehead atoms. The predicted molar refractivity (Wildman–Crippen MR) is 61.1 cm³/mol. The van der Waals surface area contributed by atoms with Crippen LogP contribution >= 0.6 is 0 Å². The van der Waals surface area contributed by atoms with Gasteiger partial charge in [0.1, 0.15) is 5.75 Å². The van der Waals surface area contributed by atoms with Gasteiger partial charge in [0.15, 0.2) is 0 Å². The molecule has 1 aromatic carbocycles. The van der Waals surface area contributed by atoms with Gasteiger partial charge in [-0.1, -0.05) is 0 Å². The van der Waals surface area contributed by atoms with Crippen LogP contribution in [0, 0.1) is 17.0 Å². The van der Waals surface area contributed by atoms with Gasteiger partial charge in [-0.2, -0.15) is 5.10 Å². The Kier molecular flexibility index (Phi) is 2.78. The Hall–Kier alpha value is -2.37. The molecule has 0 amide bonds. The Balaban J connectivity index is 2.29. The Morgan fingerprint density at radius 3 is 2.71 bits per heavy atom. The first-order chi connectivity index (χ1) is 8.08. The molecular formula is C11H11N3O3. The van der Waals surface area contributed by atoms with E-state index < -0.39 is 4.92 Å². The summed E-state index contributed by atoms with van der Waals surface area (Å²) in [6.07, 6.45) is 1.62. The summed E-state index contributed by atoms with van der Waals surface area (Å²) in [6, 6.07) is 6.20. The SMILES string of the molecule is Cc1cc([N+](=O)[O-])ccc1Oc1ccnn1C. The molecule has 0 radical (unpaired) electrons. The molecule has 0 saturated heterocycles. The van der Waals surface area contributed by atoms with E-state index in [1.165, 1.54) is 12.1 Å². The number of ether oxygens (including phenoxy) is 1. The van der Waals surface area contributed by atoms with E-state index in [1.54, 1.807) is 37.0 Å². The van der Waals surface area contributed by atoms with Crippen LogP contribution in [-0.2, 0) is 7.05 Å². The van der Waals surface area contributed by atoms with Crippen molar-refractivity contribution in [2.75, 3.05) is 0 Å². The number of hydrogen-bond acceptors (Lipinski definition) is 4. The van der Waals surface area contributed by atoms with Crippen LogP contribution in [0.15, 0.2) is 30.5 Å². The minimum Gasteiger partial charge on any atom is -0.439 e. The third-order valence-corrected chi connectivity index (χ3v) is 2.36. The molecule has 0 aliphatic carbocycles. The molecule has 0 saturated carbocycles. The summed E-state index contributed by atoms with van der Waals surface area (Å²) in [7, 11) is 1.76. The Bertz CT molecular complexity index is 563. The number of aryl methyl sites for hydroxylation is 2. The van der Waals surface area contributed by atoms with Gasteiger partial charge in [0.05, 0.1) is 11.1 Å². The van der Waals surface area contributed by atoms with E-state index in [9.17, 15) is 10.1 Å². The number of nitro groups is 1. The quantitative estimate of drug-likeness (QED) is 0.603. The lowest BCUT2D eigenvalue weighted by atomic mass is 10.2. The lowest BCUT2D eigenvalue weighted by molar-refractivity contribution is -0.384. The van der Waals surface area contributed by atoms with Gasteiger partial charge in [0, 0.05) is 25.2 Å². The highest BCUT2D eigenvalue weighted by Crippen LogP contribution is 2.27. The highest BCUT2D eigenvalue weighted by Gasteiger charge is 2.10. The van der Waals surface area contributed by atoms with Gasteiger partial charge in [-0.3, -0.25) is 10.1 Å². The topological polar surface area (TPSA) is 70.2 Å². The summed E-state index contributed by atoms with van der Waals surface area (Å²) in [6.45, 7) is 1.76. The smallest absolute Gasteiger partial charge is 0.269 e. The van der Waals surface area contributed by atoms with E-state index in [0.29, 0.717) is 17.2 Å². The zero-order valence-corrected chi connectivity index (χ0v) is 9.45. The van der Waals surface area contributed by atoms with Gasteiger partial charge in [0.2, 0.25) is 5.88 Å². The number of nitrogens with zero attached hydrogens (tertiary/aromatic N) is 3. The largest absolute Gasteiger partial charge is 0.439 e. The minimum atomic E-state index is -0.430. The van der Waals surface area contributed by atoms with Gasteiger partial charge < -0.3 is 4.74 Å². The first-order valence-electron chi connectivity index (χ1n) is 4.99. The van der Waals surface area contributed by atoms with E-state index in [1.807, 2.05) is 0 Å².